The summed E-state index contributed by atoms with van der Waals surface area (Å²) in [5.41, 5.74) is 2.24. The van der Waals surface area contributed by atoms with E-state index in [2.05, 4.69) is 12.1 Å². The van der Waals surface area contributed by atoms with Crippen LogP contribution in [0.2, 0.25) is 0 Å². The molecule has 2 aromatic carbocycles. The first-order valence-electron chi connectivity index (χ1n) is 12.6. The highest BCUT2D eigenvalue weighted by Crippen LogP contribution is 2.48. The van der Waals surface area contributed by atoms with Crippen molar-refractivity contribution in [3.8, 4) is 17.4 Å². The first-order valence-corrected chi connectivity index (χ1v) is 12.6. The number of rotatable bonds is 8. The maximum Gasteiger partial charge on any atom is 0.265 e. The number of hydrogen-bond donors (Lipinski definition) is 1. The maximum atomic E-state index is 13.8. The number of Topliss-reactive ketones (excluding diaryl/α,β-unsaturated/α-hetero) is 2. The molecule has 35 heavy (non-hydrogen) atoms. The van der Waals surface area contributed by atoms with E-state index >= 15 is 0 Å². The van der Waals surface area contributed by atoms with Gasteiger partial charge in [-0.3, -0.25) is 9.59 Å². The largest absolute Gasteiger partial charge is 0.506 e. The summed E-state index contributed by atoms with van der Waals surface area (Å²) in [4.78, 5) is 27.4. The quantitative estimate of drug-likeness (QED) is 0.332. The summed E-state index contributed by atoms with van der Waals surface area (Å²) in [5.74, 6) is -0.710. The van der Waals surface area contributed by atoms with E-state index in [0.717, 1.165) is 42.2 Å². The van der Waals surface area contributed by atoms with E-state index in [1.807, 2.05) is 32.0 Å². The summed E-state index contributed by atoms with van der Waals surface area (Å²) in [7, 11) is 0. The molecule has 0 spiro atoms. The van der Waals surface area contributed by atoms with Crippen LogP contribution in [0.25, 0.3) is 10.8 Å². The SMILES string of the molecule is CCCCOc1noc2c1C(=O)C1C(=O)c3c(c(C)c4cccc(OCCCC)c4c3O)CC1C2. The average molecular weight is 478 g/mol. The predicted molar refractivity (Wildman–Crippen MR) is 131 cm³/mol. The third-order valence-corrected chi connectivity index (χ3v) is 7.32. The number of ketones is 2. The Balaban J connectivity index is 1.57. The van der Waals surface area contributed by atoms with Crippen LogP contribution in [0.5, 0.6) is 17.4 Å². The number of ether oxygens (including phenoxy) is 2. The Morgan fingerprint density at radius 3 is 2.49 bits per heavy atom. The fourth-order valence-corrected chi connectivity index (χ4v) is 5.44. The third kappa shape index (κ3) is 3.77. The highest BCUT2D eigenvalue weighted by atomic mass is 16.5. The van der Waals surface area contributed by atoms with Crippen molar-refractivity contribution >= 4 is 22.3 Å². The highest BCUT2D eigenvalue weighted by Gasteiger charge is 2.49. The summed E-state index contributed by atoms with van der Waals surface area (Å²) in [6, 6.07) is 5.66. The zero-order valence-corrected chi connectivity index (χ0v) is 20.5. The molecule has 1 heterocycles. The molecule has 0 fully saturated rings. The van der Waals surface area contributed by atoms with E-state index in [-0.39, 0.29) is 40.2 Å². The van der Waals surface area contributed by atoms with Gasteiger partial charge in [0.1, 0.15) is 17.1 Å². The Kier molecular flexibility index (Phi) is 6.26. The van der Waals surface area contributed by atoms with Crippen molar-refractivity contribution in [2.75, 3.05) is 13.2 Å². The van der Waals surface area contributed by atoms with Crippen LogP contribution in [-0.2, 0) is 12.8 Å². The van der Waals surface area contributed by atoms with Gasteiger partial charge in [0.2, 0.25) is 0 Å². The first-order chi connectivity index (χ1) is 17.0. The molecule has 0 saturated heterocycles. The fourth-order valence-electron chi connectivity index (χ4n) is 5.44. The normalized spacial score (nSPS) is 18.8. The molecular weight excluding hydrogens is 446 g/mol. The molecule has 0 amide bonds. The molecule has 0 saturated carbocycles. The Morgan fingerprint density at radius 2 is 1.74 bits per heavy atom. The second-order valence-electron chi connectivity index (χ2n) is 9.57. The highest BCUT2D eigenvalue weighted by molar-refractivity contribution is 6.21. The lowest BCUT2D eigenvalue weighted by Gasteiger charge is -2.35. The third-order valence-electron chi connectivity index (χ3n) is 7.32. The van der Waals surface area contributed by atoms with Crippen LogP contribution in [0.4, 0.5) is 0 Å². The monoisotopic (exact) mass is 477 g/mol. The summed E-state index contributed by atoms with van der Waals surface area (Å²) in [6.45, 7) is 7.06. The molecule has 5 rings (SSSR count). The molecule has 3 aromatic rings. The molecule has 2 atom stereocenters. The molecule has 7 heteroatoms. The molecular formula is C28H31NO6. The van der Waals surface area contributed by atoms with Gasteiger partial charge in [-0.1, -0.05) is 38.8 Å². The number of aryl methyl sites for hydroxylation is 1. The number of carbonyl (C=O) groups is 2. The molecule has 7 nitrogen and oxygen atoms in total. The van der Waals surface area contributed by atoms with Gasteiger partial charge in [-0.15, -0.1) is 0 Å². The smallest absolute Gasteiger partial charge is 0.265 e. The van der Waals surface area contributed by atoms with Gasteiger partial charge in [-0.25, -0.2) is 0 Å². The van der Waals surface area contributed by atoms with E-state index in [4.69, 9.17) is 14.0 Å². The molecule has 184 valence electrons. The van der Waals surface area contributed by atoms with Crippen LogP contribution in [0.1, 0.15) is 77.1 Å². The van der Waals surface area contributed by atoms with Crippen molar-refractivity contribution in [2.24, 2.45) is 11.8 Å². The molecule has 2 aliphatic rings. The van der Waals surface area contributed by atoms with Crippen molar-refractivity contribution in [2.45, 2.75) is 59.3 Å². The van der Waals surface area contributed by atoms with E-state index in [9.17, 15) is 14.7 Å². The number of fused-ring (bicyclic) bond motifs is 4. The Bertz CT molecular complexity index is 1310. The Morgan fingerprint density at radius 1 is 1.03 bits per heavy atom. The van der Waals surface area contributed by atoms with Gasteiger partial charge in [0.15, 0.2) is 17.3 Å². The van der Waals surface area contributed by atoms with E-state index in [1.165, 1.54) is 0 Å². The second kappa shape index (κ2) is 9.36. The topological polar surface area (TPSA) is 98.9 Å². The molecule has 0 aliphatic heterocycles. The minimum atomic E-state index is -0.890. The van der Waals surface area contributed by atoms with Gasteiger partial charge in [-0.2, -0.15) is 0 Å². The van der Waals surface area contributed by atoms with Gasteiger partial charge < -0.3 is 19.1 Å². The van der Waals surface area contributed by atoms with E-state index in [1.54, 1.807) is 0 Å². The van der Waals surface area contributed by atoms with Crippen LogP contribution in [-0.4, -0.2) is 35.0 Å². The number of phenols is 1. The summed E-state index contributed by atoms with van der Waals surface area (Å²) >= 11 is 0. The number of aromatic hydroxyl groups is 1. The van der Waals surface area contributed by atoms with Crippen LogP contribution < -0.4 is 9.47 Å². The number of aromatic nitrogens is 1. The summed E-state index contributed by atoms with van der Waals surface area (Å²) in [5, 5.41) is 16.8. The fraction of sp³-hybridized carbons (Fsp3) is 0.464. The van der Waals surface area contributed by atoms with Crippen LogP contribution in [0.3, 0.4) is 0 Å². The van der Waals surface area contributed by atoms with Crippen molar-refractivity contribution in [3.63, 3.8) is 0 Å². The number of unbranched alkanes of at least 4 members (excludes halogenated alkanes) is 2. The molecule has 1 N–H and O–H groups in total. The van der Waals surface area contributed by atoms with E-state index < -0.39 is 5.92 Å². The van der Waals surface area contributed by atoms with E-state index in [0.29, 0.717) is 43.0 Å². The number of hydrogen-bond acceptors (Lipinski definition) is 7. The molecule has 2 aliphatic carbocycles. The lowest BCUT2D eigenvalue weighted by atomic mass is 9.66. The lowest BCUT2D eigenvalue weighted by molar-refractivity contribution is 0.0707. The summed E-state index contributed by atoms with van der Waals surface area (Å²) in [6.07, 6.45) is 4.59. The lowest BCUT2D eigenvalue weighted by Crippen LogP contribution is -2.42. The van der Waals surface area contributed by atoms with Crippen molar-refractivity contribution in [1.82, 2.24) is 5.16 Å². The first kappa shape index (κ1) is 23.4. The van der Waals surface area contributed by atoms with Crippen LogP contribution in [0, 0.1) is 18.8 Å². The van der Waals surface area contributed by atoms with Crippen molar-refractivity contribution in [3.05, 3.63) is 46.2 Å². The van der Waals surface area contributed by atoms with Gasteiger partial charge in [0, 0.05) is 6.42 Å². The van der Waals surface area contributed by atoms with Gasteiger partial charge >= 0.3 is 0 Å². The van der Waals surface area contributed by atoms with Gasteiger partial charge in [0.25, 0.3) is 5.88 Å². The Hall–Kier alpha value is -3.35. The predicted octanol–water partition coefficient (Wildman–Crippen LogP) is 5.61. The number of carbonyl (C=O) groups excluding carboxylic acids is 2. The zero-order valence-electron chi connectivity index (χ0n) is 20.5. The molecule has 0 bridgehead atoms. The molecule has 1 aromatic heterocycles. The number of phenolic OH excluding ortho intramolecular Hbond substituents is 1. The maximum absolute atomic E-state index is 13.8. The molecule has 0 radical (unpaired) electrons. The molecule has 2 unspecified atom stereocenters. The minimum Gasteiger partial charge on any atom is -0.506 e. The van der Waals surface area contributed by atoms with Crippen LogP contribution in [0.15, 0.2) is 22.7 Å². The minimum absolute atomic E-state index is 0.0977. The van der Waals surface area contributed by atoms with Crippen molar-refractivity contribution < 1.29 is 28.7 Å². The average Bonchev–Trinajstić information content (AvgIpc) is 3.25. The van der Waals surface area contributed by atoms with Crippen molar-refractivity contribution in [1.29, 1.82) is 0 Å². The number of nitrogens with zero attached hydrogens (tertiary/aromatic N) is 1. The zero-order chi connectivity index (χ0) is 24.7. The van der Waals surface area contributed by atoms with Gasteiger partial charge in [-0.05, 0) is 59.8 Å². The number of benzene rings is 2. The summed E-state index contributed by atoms with van der Waals surface area (Å²) < 4.78 is 17.1. The standard InChI is InChI=1S/C28H31NO6/c1-4-6-11-33-19-10-8-9-17-15(3)18-13-16-14-20-24(28(29-35-20)34-12-7-5-2)26(31)21(16)25(30)23(18)27(32)22(17)19/h8-10,16,21,32H,4-7,11-14H2,1-3H3. The Labute approximate surface area is 204 Å². The van der Waals surface area contributed by atoms with Crippen LogP contribution >= 0.6 is 0 Å². The van der Waals surface area contributed by atoms with Gasteiger partial charge in [0.05, 0.1) is 30.1 Å². The second-order valence-corrected chi connectivity index (χ2v) is 9.57.